The first-order valence-corrected chi connectivity index (χ1v) is 6.54. The van der Waals surface area contributed by atoms with Gasteiger partial charge in [-0.3, -0.25) is 4.90 Å². The molecule has 0 N–H and O–H groups in total. The van der Waals surface area contributed by atoms with E-state index in [9.17, 15) is 0 Å². The minimum absolute atomic E-state index is 0.452. The average molecular weight is 256 g/mol. The molecular weight excluding hydrogens is 238 g/mol. The van der Waals surface area contributed by atoms with E-state index in [1.165, 1.54) is 25.9 Å². The minimum Gasteiger partial charge on any atom is -0.476 e. The Balaban J connectivity index is 1.83. The highest BCUT2D eigenvalue weighted by Crippen LogP contribution is 2.14. The van der Waals surface area contributed by atoms with Crippen molar-refractivity contribution in [2.75, 3.05) is 26.2 Å². The summed E-state index contributed by atoms with van der Waals surface area (Å²) in [6.07, 6.45) is 3.38. The van der Waals surface area contributed by atoms with Crippen LogP contribution in [0.1, 0.15) is 25.6 Å². The fourth-order valence-corrected chi connectivity index (χ4v) is 2.15. The molecule has 4 nitrogen and oxygen atoms in total. The highest BCUT2D eigenvalue weighted by Gasteiger charge is 2.11. The van der Waals surface area contributed by atoms with E-state index in [2.05, 4.69) is 14.9 Å². The number of nitrogens with zero attached hydrogens (tertiary/aromatic N) is 3. The van der Waals surface area contributed by atoms with Crippen LogP contribution in [0.5, 0.6) is 5.88 Å². The quantitative estimate of drug-likeness (QED) is 0.756. The molecule has 0 spiro atoms. The van der Waals surface area contributed by atoms with Crippen LogP contribution in [0.15, 0.2) is 6.07 Å². The van der Waals surface area contributed by atoms with Gasteiger partial charge < -0.3 is 4.74 Å². The molecule has 0 amide bonds. The number of hydrogen-bond acceptors (Lipinski definition) is 4. The number of aromatic nitrogens is 2. The summed E-state index contributed by atoms with van der Waals surface area (Å²) in [6, 6.07) is 1.67. The van der Waals surface area contributed by atoms with E-state index in [0.717, 1.165) is 18.8 Å². The largest absolute Gasteiger partial charge is 0.476 e. The fraction of sp³-hybridized carbons (Fsp3) is 0.667. The Bertz CT molecular complexity index is 367. The molecule has 0 aliphatic carbocycles. The maximum Gasteiger partial charge on any atom is 0.218 e. The highest BCUT2D eigenvalue weighted by atomic mass is 35.5. The molecule has 2 rings (SSSR count). The van der Waals surface area contributed by atoms with Gasteiger partial charge >= 0.3 is 0 Å². The molecule has 1 aliphatic rings. The molecule has 5 heteroatoms. The van der Waals surface area contributed by atoms with Crippen LogP contribution in [0.25, 0.3) is 0 Å². The third-order valence-electron chi connectivity index (χ3n) is 2.89. The van der Waals surface area contributed by atoms with Crippen molar-refractivity contribution in [1.82, 2.24) is 14.9 Å². The first-order valence-electron chi connectivity index (χ1n) is 6.16. The molecule has 2 heterocycles. The van der Waals surface area contributed by atoms with Crippen molar-refractivity contribution in [2.24, 2.45) is 0 Å². The van der Waals surface area contributed by atoms with Crippen molar-refractivity contribution in [3.8, 4) is 5.88 Å². The van der Waals surface area contributed by atoms with Crippen LogP contribution in [-0.4, -0.2) is 41.1 Å². The molecule has 1 aromatic heterocycles. The van der Waals surface area contributed by atoms with Gasteiger partial charge in [-0.2, -0.15) is 4.98 Å². The third-order valence-corrected chi connectivity index (χ3v) is 3.08. The summed E-state index contributed by atoms with van der Waals surface area (Å²) in [4.78, 5) is 10.8. The van der Waals surface area contributed by atoms with Crippen LogP contribution in [0.2, 0.25) is 5.15 Å². The molecule has 0 radical (unpaired) electrons. The molecule has 0 atom stereocenters. The zero-order valence-corrected chi connectivity index (χ0v) is 10.9. The topological polar surface area (TPSA) is 38.2 Å². The van der Waals surface area contributed by atoms with Crippen molar-refractivity contribution in [3.63, 3.8) is 0 Å². The summed E-state index contributed by atoms with van der Waals surface area (Å²) in [7, 11) is 0. The summed E-state index contributed by atoms with van der Waals surface area (Å²) in [6.45, 7) is 6.00. The summed E-state index contributed by atoms with van der Waals surface area (Å²) in [5, 5.41) is 0.452. The smallest absolute Gasteiger partial charge is 0.218 e. The highest BCUT2D eigenvalue weighted by molar-refractivity contribution is 6.29. The van der Waals surface area contributed by atoms with Crippen molar-refractivity contribution >= 4 is 11.6 Å². The van der Waals surface area contributed by atoms with Gasteiger partial charge in [0.2, 0.25) is 5.88 Å². The Hall–Kier alpha value is -0.870. The molecule has 0 aromatic carbocycles. The Morgan fingerprint density at radius 1 is 1.35 bits per heavy atom. The standard InChI is InChI=1S/C12H18ClN3O/c1-2-11-14-10(13)9-12(15-11)17-8-7-16-5-3-4-6-16/h9H,2-8H2,1H3. The van der Waals surface area contributed by atoms with Gasteiger partial charge in [0.1, 0.15) is 17.6 Å². The number of hydrogen-bond donors (Lipinski definition) is 0. The lowest BCUT2D eigenvalue weighted by atomic mass is 10.4. The zero-order chi connectivity index (χ0) is 12.1. The van der Waals surface area contributed by atoms with Crippen molar-refractivity contribution in [2.45, 2.75) is 26.2 Å². The number of ether oxygens (including phenoxy) is 1. The molecule has 1 aliphatic heterocycles. The van der Waals surface area contributed by atoms with E-state index in [0.29, 0.717) is 17.6 Å². The number of rotatable bonds is 5. The first kappa shape index (κ1) is 12.6. The van der Waals surface area contributed by atoms with E-state index in [1.807, 2.05) is 6.92 Å². The lowest BCUT2D eigenvalue weighted by molar-refractivity contribution is 0.231. The second-order valence-corrected chi connectivity index (χ2v) is 4.58. The predicted octanol–water partition coefficient (Wildman–Crippen LogP) is 2.17. The lowest BCUT2D eigenvalue weighted by Crippen LogP contribution is -2.25. The van der Waals surface area contributed by atoms with Gasteiger partial charge in [-0.05, 0) is 25.9 Å². The first-order chi connectivity index (χ1) is 8.28. The molecule has 1 fully saturated rings. The average Bonchev–Trinajstić information content (AvgIpc) is 2.81. The fourth-order valence-electron chi connectivity index (χ4n) is 1.96. The number of likely N-dealkylation sites (tertiary alicyclic amines) is 1. The van der Waals surface area contributed by atoms with Crippen molar-refractivity contribution < 1.29 is 4.74 Å². The number of aryl methyl sites for hydroxylation is 1. The van der Waals surface area contributed by atoms with Crippen LogP contribution < -0.4 is 4.74 Å². The Kier molecular flexibility index (Phi) is 4.57. The van der Waals surface area contributed by atoms with E-state index < -0.39 is 0 Å². The van der Waals surface area contributed by atoms with Crippen LogP contribution in [0.4, 0.5) is 0 Å². The van der Waals surface area contributed by atoms with Gasteiger partial charge in [-0.15, -0.1) is 0 Å². The lowest BCUT2D eigenvalue weighted by Gasteiger charge is -2.14. The zero-order valence-electron chi connectivity index (χ0n) is 10.2. The normalized spacial score (nSPS) is 16.4. The third kappa shape index (κ3) is 3.82. The van der Waals surface area contributed by atoms with Gasteiger partial charge in [0.25, 0.3) is 0 Å². The van der Waals surface area contributed by atoms with E-state index in [-0.39, 0.29) is 0 Å². The maximum atomic E-state index is 5.89. The summed E-state index contributed by atoms with van der Waals surface area (Å²) < 4.78 is 5.61. The summed E-state index contributed by atoms with van der Waals surface area (Å²) in [5.41, 5.74) is 0. The SMILES string of the molecule is CCc1nc(Cl)cc(OCCN2CCCC2)n1. The van der Waals surface area contributed by atoms with E-state index in [4.69, 9.17) is 16.3 Å². The van der Waals surface area contributed by atoms with Gasteiger partial charge in [0, 0.05) is 19.0 Å². The molecule has 17 heavy (non-hydrogen) atoms. The molecule has 1 saturated heterocycles. The van der Waals surface area contributed by atoms with E-state index in [1.54, 1.807) is 6.07 Å². The maximum absolute atomic E-state index is 5.89. The predicted molar refractivity (Wildman–Crippen MR) is 67.6 cm³/mol. The summed E-state index contributed by atoms with van der Waals surface area (Å²) >= 11 is 5.89. The summed E-state index contributed by atoms with van der Waals surface area (Å²) in [5.74, 6) is 1.31. The van der Waals surface area contributed by atoms with Gasteiger partial charge in [0.05, 0.1) is 0 Å². The van der Waals surface area contributed by atoms with Gasteiger partial charge in [-0.1, -0.05) is 18.5 Å². The van der Waals surface area contributed by atoms with E-state index >= 15 is 0 Å². The van der Waals surface area contributed by atoms with Crippen LogP contribution in [-0.2, 0) is 6.42 Å². The van der Waals surface area contributed by atoms with Crippen LogP contribution in [0.3, 0.4) is 0 Å². The molecule has 0 unspecified atom stereocenters. The molecule has 0 saturated carbocycles. The second-order valence-electron chi connectivity index (χ2n) is 4.20. The Morgan fingerprint density at radius 3 is 2.82 bits per heavy atom. The Morgan fingerprint density at radius 2 is 2.12 bits per heavy atom. The minimum atomic E-state index is 0.452. The monoisotopic (exact) mass is 255 g/mol. The van der Waals surface area contributed by atoms with Gasteiger partial charge in [0.15, 0.2) is 0 Å². The van der Waals surface area contributed by atoms with Gasteiger partial charge in [-0.25, -0.2) is 4.98 Å². The molecule has 1 aromatic rings. The van der Waals surface area contributed by atoms with Crippen molar-refractivity contribution in [1.29, 1.82) is 0 Å². The van der Waals surface area contributed by atoms with Crippen molar-refractivity contribution in [3.05, 3.63) is 17.0 Å². The molecule has 0 bridgehead atoms. The van der Waals surface area contributed by atoms with Crippen LogP contribution >= 0.6 is 11.6 Å². The molecule has 94 valence electrons. The second kappa shape index (κ2) is 6.17. The number of halogens is 1. The Labute approximate surface area is 107 Å². The van der Waals surface area contributed by atoms with Crippen LogP contribution in [0, 0.1) is 0 Å². The molecular formula is C12H18ClN3O.